The Labute approximate surface area is 258 Å². The molecule has 6 rings (SSSR count). The number of fused-ring (bicyclic) bond motifs is 1. The van der Waals surface area contributed by atoms with Crippen LogP contribution in [0.15, 0.2) is 48.8 Å². The first kappa shape index (κ1) is 31.0. The fraction of sp³-hybridized carbons (Fsp3) is 0.333. The minimum atomic E-state index is -4.75. The number of aromatic nitrogens is 4. The number of ether oxygens (including phenoxy) is 1. The third-order valence-electron chi connectivity index (χ3n) is 7.81. The molecule has 4 aromatic rings. The summed E-state index contributed by atoms with van der Waals surface area (Å²) in [6.45, 7) is 3.11. The summed E-state index contributed by atoms with van der Waals surface area (Å²) in [6.07, 6.45) is -8.12. The van der Waals surface area contributed by atoms with E-state index in [4.69, 9.17) is 16.3 Å². The summed E-state index contributed by atoms with van der Waals surface area (Å²) in [7, 11) is 1.62. The maximum absolute atomic E-state index is 14.3. The molecule has 0 unspecified atom stereocenters. The summed E-state index contributed by atoms with van der Waals surface area (Å²) in [5, 5.41) is 7.65. The van der Waals surface area contributed by atoms with Crippen molar-refractivity contribution in [3.63, 3.8) is 0 Å². The van der Waals surface area contributed by atoms with E-state index in [-0.39, 0.29) is 57.3 Å². The maximum Gasteiger partial charge on any atom is 0.416 e. The van der Waals surface area contributed by atoms with Crippen molar-refractivity contribution in [3.05, 3.63) is 81.8 Å². The van der Waals surface area contributed by atoms with E-state index in [9.17, 15) is 31.1 Å². The predicted octanol–water partition coefficient (Wildman–Crippen LogP) is 6.62. The van der Waals surface area contributed by atoms with Crippen LogP contribution >= 0.6 is 11.6 Å². The molecule has 236 valence electrons. The van der Waals surface area contributed by atoms with Crippen LogP contribution in [-0.4, -0.2) is 56.4 Å². The van der Waals surface area contributed by atoms with Crippen LogP contribution in [0.5, 0.6) is 0 Å². The largest absolute Gasteiger partial charge is 0.416 e. The van der Waals surface area contributed by atoms with Crippen LogP contribution in [0.3, 0.4) is 0 Å². The number of aryl methyl sites for hydroxylation is 1. The van der Waals surface area contributed by atoms with Crippen molar-refractivity contribution in [1.82, 2.24) is 24.6 Å². The lowest BCUT2D eigenvalue weighted by atomic mass is 9.97. The summed E-state index contributed by atoms with van der Waals surface area (Å²) in [5.41, 5.74) is -1.39. The van der Waals surface area contributed by atoms with Gasteiger partial charge in [0.05, 0.1) is 30.4 Å². The summed E-state index contributed by atoms with van der Waals surface area (Å²) >= 11 is 6.32. The summed E-state index contributed by atoms with van der Waals surface area (Å²) < 4.78 is 91.2. The Hall–Kier alpha value is -4.01. The number of hydrogen-bond donors (Lipinski definition) is 0. The van der Waals surface area contributed by atoms with E-state index in [1.165, 1.54) is 35.2 Å². The number of pyridine rings is 1. The van der Waals surface area contributed by atoms with Crippen molar-refractivity contribution in [1.29, 1.82) is 0 Å². The zero-order chi connectivity index (χ0) is 32.3. The van der Waals surface area contributed by atoms with E-state index in [0.717, 1.165) is 23.1 Å². The fourth-order valence-corrected chi connectivity index (χ4v) is 5.95. The number of carbonyl (C=O) groups is 1. The van der Waals surface area contributed by atoms with E-state index in [2.05, 4.69) is 15.2 Å². The Morgan fingerprint density at radius 1 is 1.00 bits per heavy atom. The molecule has 45 heavy (non-hydrogen) atoms. The topological polar surface area (TPSA) is 76.4 Å². The molecule has 2 aliphatic heterocycles. The maximum atomic E-state index is 14.3. The molecule has 1 saturated heterocycles. The van der Waals surface area contributed by atoms with E-state index >= 15 is 0 Å². The number of hydrogen-bond acceptors (Lipinski definition) is 6. The molecule has 1 fully saturated rings. The van der Waals surface area contributed by atoms with E-state index in [1.807, 2.05) is 11.8 Å². The summed E-state index contributed by atoms with van der Waals surface area (Å²) in [5.74, 6) is -0.586. The number of nitrogens with zero attached hydrogens (tertiary/aromatic N) is 6. The van der Waals surface area contributed by atoms with Crippen LogP contribution < -0.4 is 4.90 Å². The Kier molecular flexibility index (Phi) is 7.86. The first-order valence-corrected chi connectivity index (χ1v) is 14.2. The molecule has 0 aliphatic carbocycles. The number of morpholine rings is 1. The Morgan fingerprint density at radius 2 is 1.78 bits per heavy atom. The number of rotatable bonds is 5. The van der Waals surface area contributed by atoms with E-state index < -0.39 is 35.9 Å². The van der Waals surface area contributed by atoms with Crippen LogP contribution in [0.2, 0.25) is 5.15 Å². The van der Waals surface area contributed by atoms with Crippen LogP contribution in [0.4, 0.5) is 32.2 Å². The molecule has 4 heterocycles. The smallest absolute Gasteiger partial charge is 0.376 e. The van der Waals surface area contributed by atoms with Gasteiger partial charge in [0, 0.05) is 37.8 Å². The second-order valence-electron chi connectivity index (χ2n) is 11.0. The van der Waals surface area contributed by atoms with Gasteiger partial charge in [-0.05, 0) is 71.6 Å². The lowest BCUT2D eigenvalue weighted by Gasteiger charge is -2.31. The second kappa shape index (κ2) is 11.4. The SMILES string of the molecule is C[C@@H]1CN(Cc2cc3c(c(C(F)(F)F)c2)CN(c2cc(-c4cc(C(F)(F)F)ccc4-c4nncn4C)cc(Cl)n2)C3=O)CCO1. The first-order valence-electron chi connectivity index (χ1n) is 13.8. The number of halogens is 7. The van der Waals surface area contributed by atoms with Crippen LogP contribution in [0.25, 0.3) is 22.5 Å². The van der Waals surface area contributed by atoms with Gasteiger partial charge in [0.15, 0.2) is 5.82 Å². The number of anilines is 1. The highest BCUT2D eigenvalue weighted by atomic mass is 35.5. The molecule has 0 bridgehead atoms. The van der Waals surface area contributed by atoms with Gasteiger partial charge < -0.3 is 9.30 Å². The zero-order valence-corrected chi connectivity index (χ0v) is 24.6. The Balaban J connectivity index is 1.42. The Bertz CT molecular complexity index is 1790. The number of amides is 1. The molecule has 0 spiro atoms. The minimum absolute atomic E-state index is 0.0636. The van der Waals surface area contributed by atoms with Crippen molar-refractivity contribution in [2.24, 2.45) is 7.05 Å². The normalized spacial score (nSPS) is 17.7. The van der Waals surface area contributed by atoms with Crippen molar-refractivity contribution in [2.75, 3.05) is 24.6 Å². The predicted molar refractivity (Wildman–Crippen MR) is 152 cm³/mol. The van der Waals surface area contributed by atoms with Gasteiger partial charge in [-0.2, -0.15) is 26.3 Å². The number of alkyl halides is 6. The highest BCUT2D eigenvalue weighted by Gasteiger charge is 2.41. The van der Waals surface area contributed by atoms with Crippen molar-refractivity contribution in [2.45, 2.75) is 38.5 Å². The Morgan fingerprint density at radius 3 is 2.44 bits per heavy atom. The lowest BCUT2D eigenvalue weighted by molar-refractivity contribution is -0.138. The molecule has 0 radical (unpaired) electrons. The third-order valence-corrected chi connectivity index (χ3v) is 8.00. The number of benzene rings is 2. The van der Waals surface area contributed by atoms with Gasteiger partial charge in [0.1, 0.15) is 17.3 Å². The molecule has 2 aromatic heterocycles. The monoisotopic (exact) mass is 650 g/mol. The van der Waals surface area contributed by atoms with Crippen molar-refractivity contribution in [3.8, 4) is 22.5 Å². The van der Waals surface area contributed by atoms with Gasteiger partial charge in [-0.3, -0.25) is 14.6 Å². The van der Waals surface area contributed by atoms with Gasteiger partial charge >= 0.3 is 12.4 Å². The van der Waals surface area contributed by atoms with E-state index in [1.54, 1.807) is 7.05 Å². The standard InChI is InChI=1S/C30H25ClF6N6O2/c1-16-12-42(5-6-45-16)13-17-7-22-23(24(8-17)30(35,36)37)14-43(28(22)44)26-10-18(9-25(31)39-26)21-11-19(29(32,33)34)3-4-20(21)27-40-38-15-41(27)2/h3-4,7-11,15-16H,5-6,12-14H2,1-2H3/t16-/m1/s1. The minimum Gasteiger partial charge on any atom is -0.376 e. The molecule has 0 N–H and O–H groups in total. The summed E-state index contributed by atoms with van der Waals surface area (Å²) in [4.78, 5) is 20.9. The van der Waals surface area contributed by atoms with Crippen molar-refractivity contribution >= 4 is 23.3 Å². The first-order chi connectivity index (χ1) is 21.2. The highest BCUT2D eigenvalue weighted by molar-refractivity contribution is 6.30. The molecule has 2 aromatic carbocycles. The average molecular weight is 651 g/mol. The zero-order valence-electron chi connectivity index (χ0n) is 23.9. The third kappa shape index (κ3) is 6.14. The van der Waals surface area contributed by atoms with Gasteiger partial charge in [0.25, 0.3) is 5.91 Å². The van der Waals surface area contributed by atoms with Gasteiger partial charge in [0.2, 0.25) is 0 Å². The fourth-order valence-electron chi connectivity index (χ4n) is 5.75. The van der Waals surface area contributed by atoms with Crippen LogP contribution in [0.1, 0.15) is 39.5 Å². The molecule has 2 aliphatic rings. The van der Waals surface area contributed by atoms with E-state index in [0.29, 0.717) is 25.3 Å². The second-order valence-corrected chi connectivity index (χ2v) is 11.4. The highest BCUT2D eigenvalue weighted by Crippen LogP contribution is 2.42. The number of carbonyl (C=O) groups excluding carboxylic acids is 1. The molecule has 15 heteroatoms. The molecular formula is C30H25ClF6N6O2. The van der Waals surface area contributed by atoms with Crippen LogP contribution in [0, 0.1) is 0 Å². The molecular weight excluding hydrogens is 626 g/mol. The molecule has 8 nitrogen and oxygen atoms in total. The van der Waals surface area contributed by atoms with Crippen LogP contribution in [-0.2, 0) is 37.2 Å². The van der Waals surface area contributed by atoms with Gasteiger partial charge in [-0.25, -0.2) is 4.98 Å². The quantitative estimate of drug-likeness (QED) is 0.179. The lowest BCUT2D eigenvalue weighted by Crippen LogP contribution is -2.40. The molecule has 0 saturated carbocycles. The molecule has 1 atom stereocenters. The van der Waals surface area contributed by atoms with Crippen molar-refractivity contribution < 1.29 is 35.9 Å². The van der Waals surface area contributed by atoms with Gasteiger partial charge in [-0.15, -0.1) is 10.2 Å². The molecule has 1 amide bonds. The summed E-state index contributed by atoms with van der Waals surface area (Å²) in [6, 6.07) is 8.23. The average Bonchev–Trinajstić information content (AvgIpc) is 3.53. The van der Waals surface area contributed by atoms with Gasteiger partial charge in [-0.1, -0.05) is 11.6 Å².